The molecule has 0 aromatic heterocycles. The number of piperidine rings is 1. The predicted molar refractivity (Wildman–Crippen MR) is 114 cm³/mol. The molecule has 4 atom stereocenters. The number of rotatable bonds is 12. The third kappa shape index (κ3) is 8.18. The second-order valence-electron chi connectivity index (χ2n) is 8.05. The molecule has 0 aliphatic carbocycles. The summed E-state index contributed by atoms with van der Waals surface area (Å²) in [6.07, 6.45) is 13.4. The van der Waals surface area contributed by atoms with Gasteiger partial charge in [0.25, 0.3) is 0 Å². The number of nitrogens with two attached hydrogens (primary N) is 1. The minimum atomic E-state index is -0.0121. The summed E-state index contributed by atoms with van der Waals surface area (Å²) in [5.41, 5.74) is 7.27. The number of Topliss-reactive ketones (excluding diaryl/α,β-unsaturated/α-hetero) is 1. The molecule has 156 valence electrons. The number of allylic oxidation sites excluding steroid dienone is 2. The maximum atomic E-state index is 12.2. The van der Waals surface area contributed by atoms with E-state index in [-0.39, 0.29) is 30.6 Å². The third-order valence-corrected chi connectivity index (χ3v) is 5.60. The van der Waals surface area contributed by atoms with Gasteiger partial charge < -0.3 is 10.5 Å². The normalized spacial score (nSPS) is 24.3. The van der Waals surface area contributed by atoms with Crippen LogP contribution in [0.2, 0.25) is 0 Å². The standard InChI is InChI=1S/C23H42N2O2/c1-6-9-10-13-20(26)17-27-23-16-18(4)14-15-25(23)22(12-8-3)19(5)21(24)11-7-2/h8,11-12,18-19,22-23H,6-7,9-10,13-17,24H2,1-5H3. The predicted octanol–water partition coefficient (Wildman–Crippen LogP) is 5.04. The Morgan fingerprint density at radius 2 is 2.07 bits per heavy atom. The van der Waals surface area contributed by atoms with Crippen molar-refractivity contribution in [1.29, 1.82) is 0 Å². The average Bonchev–Trinajstić information content (AvgIpc) is 2.65. The summed E-state index contributed by atoms with van der Waals surface area (Å²) in [5.74, 6) is 1.06. The Hall–Kier alpha value is -1.13. The molecule has 4 unspecified atom stereocenters. The van der Waals surface area contributed by atoms with Crippen LogP contribution in [0.3, 0.4) is 0 Å². The first-order valence-electron chi connectivity index (χ1n) is 10.9. The summed E-state index contributed by atoms with van der Waals surface area (Å²) in [7, 11) is 0. The van der Waals surface area contributed by atoms with Crippen molar-refractivity contribution in [2.24, 2.45) is 17.6 Å². The van der Waals surface area contributed by atoms with Crippen molar-refractivity contribution in [3.8, 4) is 0 Å². The molecule has 0 spiro atoms. The highest BCUT2D eigenvalue weighted by molar-refractivity contribution is 5.79. The molecule has 4 heteroatoms. The topological polar surface area (TPSA) is 55.6 Å². The number of ether oxygens (including phenoxy) is 1. The van der Waals surface area contributed by atoms with Crippen LogP contribution in [0.5, 0.6) is 0 Å². The van der Waals surface area contributed by atoms with Gasteiger partial charge in [-0.25, -0.2) is 0 Å². The summed E-state index contributed by atoms with van der Waals surface area (Å²) in [6.45, 7) is 12.0. The molecule has 0 bridgehead atoms. The molecule has 1 aliphatic heterocycles. The van der Waals surface area contributed by atoms with E-state index in [0.717, 1.165) is 50.8 Å². The first-order valence-corrected chi connectivity index (χ1v) is 10.9. The molecule has 27 heavy (non-hydrogen) atoms. The Labute approximate surface area is 167 Å². The van der Waals surface area contributed by atoms with E-state index in [4.69, 9.17) is 10.5 Å². The van der Waals surface area contributed by atoms with Gasteiger partial charge in [-0.3, -0.25) is 9.69 Å². The molecule has 0 radical (unpaired) electrons. The largest absolute Gasteiger partial charge is 0.402 e. The summed E-state index contributed by atoms with van der Waals surface area (Å²) < 4.78 is 6.16. The molecular weight excluding hydrogens is 336 g/mol. The van der Waals surface area contributed by atoms with Crippen molar-refractivity contribution in [3.63, 3.8) is 0 Å². The first kappa shape index (κ1) is 23.9. The SMILES string of the molecule is CC=CC(C(C)C(N)=CCC)N1CCC(C)CC1OCC(=O)CCCCC. The van der Waals surface area contributed by atoms with Crippen molar-refractivity contribution in [2.75, 3.05) is 13.2 Å². The Balaban J connectivity index is 2.82. The lowest BCUT2D eigenvalue weighted by Crippen LogP contribution is -2.51. The van der Waals surface area contributed by atoms with Crippen molar-refractivity contribution < 1.29 is 9.53 Å². The Kier molecular flexibility index (Phi) is 11.6. The molecule has 1 rings (SSSR count). The number of unbranched alkanes of at least 4 members (excludes halogenated alkanes) is 2. The number of nitrogens with zero attached hydrogens (tertiary/aromatic N) is 1. The van der Waals surface area contributed by atoms with Crippen molar-refractivity contribution >= 4 is 5.78 Å². The van der Waals surface area contributed by atoms with Gasteiger partial charge in [0.2, 0.25) is 0 Å². The molecule has 1 saturated heterocycles. The zero-order valence-electron chi connectivity index (χ0n) is 18.2. The van der Waals surface area contributed by atoms with Gasteiger partial charge in [0.15, 0.2) is 5.78 Å². The molecule has 0 amide bonds. The Bertz CT molecular complexity index is 487. The van der Waals surface area contributed by atoms with Crippen LogP contribution in [0.15, 0.2) is 23.9 Å². The summed E-state index contributed by atoms with van der Waals surface area (Å²) in [6, 6.07) is 0.200. The number of ketones is 1. The number of carbonyl (C=O) groups excluding carboxylic acids is 1. The van der Waals surface area contributed by atoms with Gasteiger partial charge in [-0.05, 0) is 38.5 Å². The highest BCUT2D eigenvalue weighted by Crippen LogP contribution is 2.30. The molecule has 1 heterocycles. The summed E-state index contributed by atoms with van der Waals surface area (Å²) in [5, 5.41) is 0. The van der Waals surface area contributed by atoms with Gasteiger partial charge in [-0.1, -0.05) is 58.8 Å². The van der Waals surface area contributed by atoms with Crippen molar-refractivity contribution in [2.45, 2.75) is 91.8 Å². The van der Waals surface area contributed by atoms with E-state index in [9.17, 15) is 4.79 Å². The van der Waals surface area contributed by atoms with Crippen LogP contribution in [-0.4, -0.2) is 36.1 Å². The molecule has 0 aromatic carbocycles. The highest BCUT2D eigenvalue weighted by atomic mass is 16.5. The van der Waals surface area contributed by atoms with Crippen molar-refractivity contribution in [3.05, 3.63) is 23.9 Å². The number of hydrogen-bond acceptors (Lipinski definition) is 4. The van der Waals surface area contributed by atoms with E-state index in [1.807, 2.05) is 0 Å². The first-order chi connectivity index (χ1) is 12.9. The van der Waals surface area contributed by atoms with Crippen LogP contribution in [0.25, 0.3) is 0 Å². The minimum Gasteiger partial charge on any atom is -0.402 e. The van der Waals surface area contributed by atoms with E-state index in [2.05, 4.69) is 57.7 Å². The Morgan fingerprint density at radius 1 is 1.33 bits per heavy atom. The fourth-order valence-electron chi connectivity index (χ4n) is 3.83. The third-order valence-electron chi connectivity index (χ3n) is 5.60. The maximum absolute atomic E-state index is 12.2. The van der Waals surface area contributed by atoms with Crippen LogP contribution < -0.4 is 5.73 Å². The van der Waals surface area contributed by atoms with Crippen molar-refractivity contribution in [1.82, 2.24) is 4.90 Å². The Morgan fingerprint density at radius 3 is 2.70 bits per heavy atom. The molecular formula is C23H42N2O2. The molecule has 0 saturated carbocycles. The van der Waals surface area contributed by atoms with Crippen LogP contribution in [0, 0.1) is 11.8 Å². The van der Waals surface area contributed by atoms with Gasteiger partial charge in [0.1, 0.15) is 12.8 Å². The zero-order chi connectivity index (χ0) is 20.2. The fraction of sp³-hybridized carbons (Fsp3) is 0.783. The lowest BCUT2D eigenvalue weighted by Gasteiger charge is -2.44. The van der Waals surface area contributed by atoms with Crippen LogP contribution in [-0.2, 0) is 9.53 Å². The molecule has 1 fully saturated rings. The number of hydrogen-bond donors (Lipinski definition) is 1. The van der Waals surface area contributed by atoms with Crippen LogP contribution in [0.4, 0.5) is 0 Å². The molecule has 2 N–H and O–H groups in total. The van der Waals surface area contributed by atoms with E-state index in [1.54, 1.807) is 0 Å². The minimum absolute atomic E-state index is 0.0121. The second-order valence-corrected chi connectivity index (χ2v) is 8.05. The van der Waals surface area contributed by atoms with Gasteiger partial charge in [-0.15, -0.1) is 0 Å². The van der Waals surface area contributed by atoms with E-state index < -0.39 is 0 Å². The van der Waals surface area contributed by atoms with Gasteiger partial charge in [0.05, 0.1) is 0 Å². The highest BCUT2D eigenvalue weighted by Gasteiger charge is 2.34. The smallest absolute Gasteiger partial charge is 0.158 e. The summed E-state index contributed by atoms with van der Waals surface area (Å²) in [4.78, 5) is 14.6. The van der Waals surface area contributed by atoms with E-state index in [1.165, 1.54) is 0 Å². The molecule has 1 aliphatic rings. The second kappa shape index (κ2) is 13.1. The lowest BCUT2D eigenvalue weighted by atomic mass is 9.90. The van der Waals surface area contributed by atoms with E-state index >= 15 is 0 Å². The maximum Gasteiger partial charge on any atom is 0.158 e. The summed E-state index contributed by atoms with van der Waals surface area (Å²) >= 11 is 0. The monoisotopic (exact) mass is 378 g/mol. The average molecular weight is 379 g/mol. The number of likely N-dealkylation sites (tertiary alicyclic amines) is 1. The van der Waals surface area contributed by atoms with Gasteiger partial charge in [0, 0.05) is 30.6 Å². The quantitative estimate of drug-likeness (QED) is 0.382. The molecule has 0 aromatic rings. The number of carbonyl (C=O) groups is 1. The lowest BCUT2D eigenvalue weighted by molar-refractivity contribution is -0.140. The van der Waals surface area contributed by atoms with E-state index in [0.29, 0.717) is 12.3 Å². The fourth-order valence-corrected chi connectivity index (χ4v) is 3.83. The van der Waals surface area contributed by atoms with Gasteiger partial charge >= 0.3 is 0 Å². The van der Waals surface area contributed by atoms with Gasteiger partial charge in [-0.2, -0.15) is 0 Å². The molecule has 4 nitrogen and oxygen atoms in total. The van der Waals surface area contributed by atoms with Crippen LogP contribution >= 0.6 is 0 Å². The zero-order valence-corrected chi connectivity index (χ0v) is 18.2. The van der Waals surface area contributed by atoms with Crippen LogP contribution in [0.1, 0.15) is 79.6 Å².